The second kappa shape index (κ2) is 13.1. The fourth-order valence-corrected chi connectivity index (χ4v) is 2.14. The number of phenolic OH excluding ortho intramolecular Hbond substituents is 1. The summed E-state index contributed by atoms with van der Waals surface area (Å²) >= 11 is 0. The van der Waals surface area contributed by atoms with E-state index in [0.717, 1.165) is 5.56 Å². The molecule has 0 aliphatic rings. The topological polar surface area (TPSA) is 88.4 Å². The maximum atomic E-state index is 10.6. The molecule has 2 aromatic rings. The van der Waals surface area contributed by atoms with Crippen LogP contribution in [0.1, 0.15) is 24.0 Å². The van der Waals surface area contributed by atoms with E-state index >= 15 is 0 Å². The molecule has 0 radical (unpaired) electrons. The Hall–Kier alpha value is -3.12. The van der Waals surface area contributed by atoms with Gasteiger partial charge in [0, 0.05) is 45.0 Å². The number of rotatable bonds is 9. The summed E-state index contributed by atoms with van der Waals surface area (Å²) in [6.45, 7) is 4.28. The number of ether oxygens (including phenoxy) is 2. The third-order valence-electron chi connectivity index (χ3n) is 3.52. The molecule has 2 N–H and O–H groups in total. The lowest BCUT2D eigenvalue weighted by atomic mass is 10.1. The Labute approximate surface area is 165 Å². The number of carboxylic acid groups (broad SMARTS) is 1. The Kier molecular flexibility index (Phi) is 10.7. The number of aliphatic carboxylic acids is 1. The standard InChI is InChI=1S/C20H21NO4.C2H6O/c1-15(21-14-16-5-3-2-4-6-16)11-12-25-18-9-7-17(19(22)13-18)8-10-20(23)24;1-3-2/h2-7,9,13-14,22H,1,8,10-12H2,(H,23,24);1-2H3. The van der Waals surface area contributed by atoms with Crippen LogP contribution in [-0.4, -0.2) is 43.2 Å². The van der Waals surface area contributed by atoms with Crippen LogP contribution in [0.5, 0.6) is 11.5 Å². The fourth-order valence-electron chi connectivity index (χ4n) is 2.14. The first-order valence-corrected chi connectivity index (χ1v) is 8.79. The molecule has 28 heavy (non-hydrogen) atoms. The molecular formula is C22H27NO5. The van der Waals surface area contributed by atoms with Crippen LogP contribution in [0.15, 0.2) is 65.8 Å². The molecule has 6 heteroatoms. The zero-order valence-electron chi connectivity index (χ0n) is 16.3. The molecule has 0 heterocycles. The highest BCUT2D eigenvalue weighted by molar-refractivity contribution is 5.80. The first kappa shape index (κ1) is 22.9. The van der Waals surface area contributed by atoms with Crippen molar-refractivity contribution in [3.63, 3.8) is 0 Å². The van der Waals surface area contributed by atoms with Crippen molar-refractivity contribution in [1.82, 2.24) is 0 Å². The van der Waals surface area contributed by atoms with Gasteiger partial charge >= 0.3 is 5.97 Å². The van der Waals surface area contributed by atoms with E-state index in [2.05, 4.69) is 16.3 Å². The number of hydrogen-bond acceptors (Lipinski definition) is 5. The van der Waals surface area contributed by atoms with Crippen LogP contribution in [0.3, 0.4) is 0 Å². The van der Waals surface area contributed by atoms with Crippen LogP contribution >= 0.6 is 0 Å². The molecule has 0 saturated heterocycles. The average Bonchev–Trinajstić information content (AvgIpc) is 2.67. The van der Waals surface area contributed by atoms with E-state index in [1.807, 2.05) is 30.3 Å². The molecule has 2 rings (SSSR count). The van der Waals surface area contributed by atoms with E-state index in [0.29, 0.717) is 30.0 Å². The molecule has 0 aromatic heterocycles. The number of aromatic hydroxyl groups is 1. The molecule has 0 amide bonds. The minimum atomic E-state index is -0.894. The predicted octanol–water partition coefficient (Wildman–Crippen LogP) is 4.07. The summed E-state index contributed by atoms with van der Waals surface area (Å²) in [5.41, 5.74) is 2.30. The van der Waals surface area contributed by atoms with Gasteiger partial charge in [0.2, 0.25) is 0 Å². The molecule has 0 bridgehead atoms. The average molecular weight is 385 g/mol. The van der Waals surface area contributed by atoms with Gasteiger partial charge < -0.3 is 19.7 Å². The Morgan fingerprint density at radius 2 is 1.82 bits per heavy atom. The molecule has 0 saturated carbocycles. The number of aliphatic imine (C=N–C) groups is 1. The van der Waals surface area contributed by atoms with Crippen molar-refractivity contribution in [2.45, 2.75) is 19.3 Å². The lowest BCUT2D eigenvalue weighted by Crippen LogP contribution is -2.00. The summed E-state index contributed by atoms with van der Waals surface area (Å²) in [4.78, 5) is 14.9. The molecule has 2 aromatic carbocycles. The number of phenols is 1. The lowest BCUT2D eigenvalue weighted by Gasteiger charge is -2.09. The Morgan fingerprint density at radius 3 is 2.43 bits per heavy atom. The van der Waals surface area contributed by atoms with Crippen LogP contribution in [-0.2, 0) is 16.0 Å². The number of carbonyl (C=O) groups is 1. The highest BCUT2D eigenvalue weighted by atomic mass is 16.5. The van der Waals surface area contributed by atoms with E-state index in [1.54, 1.807) is 32.6 Å². The number of nitrogens with zero attached hydrogens (tertiary/aromatic N) is 1. The first-order valence-electron chi connectivity index (χ1n) is 8.79. The number of benzene rings is 2. The van der Waals surface area contributed by atoms with Crippen LogP contribution in [0, 0.1) is 0 Å². The summed E-state index contributed by atoms with van der Waals surface area (Å²) in [6, 6.07) is 14.6. The zero-order chi connectivity index (χ0) is 20.8. The van der Waals surface area contributed by atoms with Crippen molar-refractivity contribution in [2.75, 3.05) is 20.8 Å². The Morgan fingerprint density at radius 1 is 1.14 bits per heavy atom. The fraction of sp³-hybridized carbons (Fsp3) is 0.273. The number of methoxy groups -OCH3 is 1. The van der Waals surface area contributed by atoms with Gasteiger partial charge in [-0.1, -0.05) is 43.0 Å². The highest BCUT2D eigenvalue weighted by Gasteiger charge is 2.06. The third-order valence-corrected chi connectivity index (χ3v) is 3.52. The minimum Gasteiger partial charge on any atom is -0.508 e. The van der Waals surface area contributed by atoms with Crippen molar-refractivity contribution in [1.29, 1.82) is 0 Å². The molecule has 0 atom stereocenters. The number of aryl methyl sites for hydroxylation is 1. The van der Waals surface area contributed by atoms with E-state index in [-0.39, 0.29) is 18.6 Å². The third kappa shape index (κ3) is 9.54. The summed E-state index contributed by atoms with van der Waals surface area (Å²) < 4.78 is 9.83. The van der Waals surface area contributed by atoms with Gasteiger partial charge in [-0.05, 0) is 23.6 Å². The summed E-state index contributed by atoms with van der Waals surface area (Å²) in [7, 11) is 3.25. The lowest BCUT2D eigenvalue weighted by molar-refractivity contribution is -0.136. The largest absolute Gasteiger partial charge is 0.508 e. The molecule has 0 aliphatic heterocycles. The van der Waals surface area contributed by atoms with Crippen LogP contribution in [0.4, 0.5) is 0 Å². The molecular weight excluding hydrogens is 358 g/mol. The maximum absolute atomic E-state index is 10.6. The van der Waals surface area contributed by atoms with Crippen LogP contribution < -0.4 is 4.74 Å². The van der Waals surface area contributed by atoms with Crippen molar-refractivity contribution >= 4 is 12.2 Å². The van der Waals surface area contributed by atoms with Crippen molar-refractivity contribution in [3.05, 3.63) is 71.9 Å². The quantitative estimate of drug-likeness (QED) is 0.635. The normalized spacial score (nSPS) is 10.2. The highest BCUT2D eigenvalue weighted by Crippen LogP contribution is 2.25. The van der Waals surface area contributed by atoms with Gasteiger partial charge in [0.1, 0.15) is 11.5 Å². The monoisotopic (exact) mass is 385 g/mol. The van der Waals surface area contributed by atoms with Gasteiger partial charge in [0.25, 0.3) is 0 Å². The van der Waals surface area contributed by atoms with Crippen LogP contribution in [0.25, 0.3) is 0 Å². The minimum absolute atomic E-state index is 0.0208. The number of hydrogen-bond donors (Lipinski definition) is 2. The summed E-state index contributed by atoms with van der Waals surface area (Å²) in [5, 5.41) is 18.6. The summed E-state index contributed by atoms with van der Waals surface area (Å²) in [5.74, 6) is -0.328. The van der Waals surface area contributed by atoms with Gasteiger partial charge in [-0.2, -0.15) is 0 Å². The van der Waals surface area contributed by atoms with Crippen molar-refractivity contribution in [3.8, 4) is 11.5 Å². The second-order valence-corrected chi connectivity index (χ2v) is 5.93. The maximum Gasteiger partial charge on any atom is 0.303 e. The summed E-state index contributed by atoms with van der Waals surface area (Å²) in [6.07, 6.45) is 2.58. The van der Waals surface area contributed by atoms with E-state index in [9.17, 15) is 9.90 Å². The molecule has 0 aliphatic carbocycles. The van der Waals surface area contributed by atoms with Gasteiger partial charge in [0.05, 0.1) is 6.61 Å². The van der Waals surface area contributed by atoms with Gasteiger partial charge in [0.15, 0.2) is 0 Å². The van der Waals surface area contributed by atoms with Crippen molar-refractivity contribution < 1.29 is 24.5 Å². The van der Waals surface area contributed by atoms with Crippen LogP contribution in [0.2, 0.25) is 0 Å². The first-order chi connectivity index (χ1) is 13.5. The van der Waals surface area contributed by atoms with E-state index in [4.69, 9.17) is 9.84 Å². The SMILES string of the molecule is C=C(CCOc1ccc(CCC(=O)O)c(O)c1)N=Cc1ccccc1.COC. The van der Waals surface area contributed by atoms with Gasteiger partial charge in [-0.15, -0.1) is 0 Å². The molecule has 6 nitrogen and oxygen atoms in total. The van der Waals surface area contributed by atoms with Crippen molar-refractivity contribution in [2.24, 2.45) is 4.99 Å². The Balaban J connectivity index is 0.00000122. The van der Waals surface area contributed by atoms with Gasteiger partial charge in [-0.25, -0.2) is 0 Å². The zero-order valence-corrected chi connectivity index (χ0v) is 16.3. The van der Waals surface area contributed by atoms with Gasteiger partial charge in [-0.3, -0.25) is 9.79 Å². The Bertz CT molecular complexity index is 772. The number of carboxylic acids is 1. The van der Waals surface area contributed by atoms with E-state index < -0.39 is 5.97 Å². The second-order valence-electron chi connectivity index (χ2n) is 5.93. The molecule has 0 fully saturated rings. The smallest absolute Gasteiger partial charge is 0.303 e. The molecule has 0 unspecified atom stereocenters. The molecule has 150 valence electrons. The predicted molar refractivity (Wildman–Crippen MR) is 110 cm³/mol. The van der Waals surface area contributed by atoms with E-state index in [1.165, 1.54) is 6.07 Å². The molecule has 0 spiro atoms.